The summed E-state index contributed by atoms with van der Waals surface area (Å²) in [7, 11) is 0. The van der Waals surface area contributed by atoms with Gasteiger partial charge in [-0.3, -0.25) is 38.7 Å². The summed E-state index contributed by atoms with van der Waals surface area (Å²) in [5.41, 5.74) is 0. The van der Waals surface area contributed by atoms with Crippen LogP contribution in [0.1, 0.15) is 0 Å². The van der Waals surface area contributed by atoms with E-state index in [4.69, 9.17) is 25.5 Å². The fourth-order valence-corrected chi connectivity index (χ4v) is 2.22. The Morgan fingerprint density at radius 1 is 0.429 bits per heavy atom. The topological polar surface area (TPSA) is 196 Å². The van der Waals surface area contributed by atoms with Gasteiger partial charge in [0.2, 0.25) is 0 Å². The minimum absolute atomic E-state index is 0. The number of carbonyl (C=O) groups is 5. The molecule has 0 aromatic carbocycles. The van der Waals surface area contributed by atoms with Crippen molar-refractivity contribution in [1.29, 1.82) is 0 Å². The Morgan fingerprint density at radius 2 is 0.607 bits per heavy atom. The summed E-state index contributed by atoms with van der Waals surface area (Å²) in [5.74, 6) is -6.16. The van der Waals surface area contributed by atoms with Crippen molar-refractivity contribution < 1.29 is 87.2 Å². The summed E-state index contributed by atoms with van der Waals surface area (Å²) in [4.78, 5) is 57.6. The van der Waals surface area contributed by atoms with Gasteiger partial charge >= 0.3 is 67.6 Å². The van der Waals surface area contributed by atoms with Crippen molar-refractivity contribution in [3.63, 3.8) is 0 Å². The molecule has 0 unspecified atom stereocenters. The molecule has 0 aromatic heterocycles. The predicted molar refractivity (Wildman–Crippen MR) is 87.5 cm³/mol. The molecule has 0 radical (unpaired) electrons. The van der Waals surface area contributed by atoms with E-state index >= 15 is 0 Å². The molecule has 0 heterocycles. The molecule has 0 aliphatic rings. The van der Waals surface area contributed by atoms with Crippen LogP contribution < -0.4 is 0 Å². The van der Waals surface area contributed by atoms with Crippen LogP contribution in [0.15, 0.2) is 0 Å². The number of hydrogen-bond acceptors (Lipinski definition) is 8. The van der Waals surface area contributed by atoms with Crippen molar-refractivity contribution in [2.75, 3.05) is 58.9 Å². The molecule has 0 bridgehead atoms. The molecular formula is C14H23HoN3O10+3. The van der Waals surface area contributed by atoms with Gasteiger partial charge in [-0.1, -0.05) is 0 Å². The van der Waals surface area contributed by atoms with Crippen molar-refractivity contribution in [1.82, 2.24) is 14.7 Å². The third kappa shape index (κ3) is 16.6. The monoisotopic (exact) mass is 559 g/mol. The van der Waals surface area contributed by atoms with Gasteiger partial charge in [0.15, 0.2) is 0 Å². The van der Waals surface area contributed by atoms with Crippen molar-refractivity contribution in [3.05, 3.63) is 0 Å². The number of hydrogen-bond donors (Lipinski definition) is 5. The van der Waals surface area contributed by atoms with Crippen LogP contribution in [0, 0.1) is 37.7 Å². The van der Waals surface area contributed by atoms with E-state index in [-0.39, 0.29) is 63.9 Å². The van der Waals surface area contributed by atoms with Crippen LogP contribution in [0.25, 0.3) is 0 Å². The Morgan fingerprint density at radius 3 is 0.821 bits per heavy atom. The molecule has 14 heteroatoms. The Bertz CT molecular complexity index is 487. The normalized spacial score (nSPS) is 10.7. The first-order valence-corrected chi connectivity index (χ1v) is 7.75. The third-order valence-electron chi connectivity index (χ3n) is 3.26. The molecule has 0 aliphatic heterocycles. The molecule has 5 N–H and O–H groups in total. The minimum Gasteiger partial charge on any atom is -0.480 e. The van der Waals surface area contributed by atoms with E-state index < -0.39 is 62.6 Å². The molecule has 0 saturated carbocycles. The second kappa shape index (κ2) is 15.4. The van der Waals surface area contributed by atoms with E-state index in [1.807, 2.05) is 0 Å². The van der Waals surface area contributed by atoms with Crippen molar-refractivity contribution in [2.24, 2.45) is 0 Å². The number of carboxylic acid groups (broad SMARTS) is 5. The van der Waals surface area contributed by atoms with Gasteiger partial charge in [0.1, 0.15) is 0 Å². The van der Waals surface area contributed by atoms with Crippen molar-refractivity contribution >= 4 is 29.8 Å². The van der Waals surface area contributed by atoms with E-state index in [9.17, 15) is 24.0 Å². The maximum absolute atomic E-state index is 11.0. The first kappa shape index (κ1) is 28.7. The Kier molecular flexibility index (Phi) is 15.8. The second-order valence-corrected chi connectivity index (χ2v) is 5.67. The zero-order valence-electron chi connectivity index (χ0n) is 14.8. The molecule has 13 nitrogen and oxygen atoms in total. The molecule has 162 valence electrons. The minimum atomic E-state index is -1.24. The van der Waals surface area contributed by atoms with Crippen LogP contribution in [0.5, 0.6) is 0 Å². The van der Waals surface area contributed by atoms with E-state index in [2.05, 4.69) is 0 Å². The zero-order chi connectivity index (χ0) is 21.0. The van der Waals surface area contributed by atoms with Gasteiger partial charge < -0.3 is 25.5 Å². The molecule has 0 fully saturated rings. The standard InChI is InChI=1S/C14H23N3O10.Ho/c18-10(19)5-15(1-3-16(6-11(20)21)7-12(22)23)2-4-17(8-13(24)25)9-14(26)27;/h1-9H2,(H,18,19)(H,20,21)(H,22,23)(H,24,25)(H,26,27);/q;+3/i;1+1. The summed E-state index contributed by atoms with van der Waals surface area (Å²) >= 11 is 0. The van der Waals surface area contributed by atoms with Gasteiger partial charge in [-0.2, -0.15) is 0 Å². The SMILES string of the molecule is O=C(O)CN(CCN(CC(=O)O)CC(=O)O)CCN(CC(=O)O)CC(=O)O.[166Ho+3]. The molecule has 0 aliphatic carbocycles. The molecule has 0 saturated heterocycles. The van der Waals surface area contributed by atoms with Crippen LogP contribution in [0.2, 0.25) is 0 Å². The number of aliphatic carboxylic acids is 5. The molecule has 0 rings (SSSR count). The Balaban J connectivity index is 0. The molecule has 0 aromatic rings. The zero-order valence-corrected chi connectivity index (χ0v) is 16.7. The van der Waals surface area contributed by atoms with Crippen LogP contribution >= 0.6 is 0 Å². The summed E-state index contributed by atoms with van der Waals surface area (Å²) in [6.45, 7) is -2.74. The fourth-order valence-electron chi connectivity index (χ4n) is 2.22. The van der Waals surface area contributed by atoms with Gasteiger partial charge in [-0.05, 0) is 0 Å². The van der Waals surface area contributed by atoms with E-state index in [0.717, 1.165) is 9.80 Å². The maximum Gasteiger partial charge on any atom is 3.00 e. The summed E-state index contributed by atoms with van der Waals surface area (Å²) in [6, 6.07) is 0. The van der Waals surface area contributed by atoms with Crippen LogP contribution in [0.3, 0.4) is 0 Å². The van der Waals surface area contributed by atoms with Gasteiger partial charge in [-0.25, -0.2) is 0 Å². The average molecular weight is 559 g/mol. The predicted octanol–water partition coefficient (Wildman–Crippen LogP) is -2.68. The average Bonchev–Trinajstić information content (AvgIpc) is 2.46. The molecular weight excluding hydrogens is 536 g/mol. The molecule has 28 heavy (non-hydrogen) atoms. The van der Waals surface area contributed by atoms with Crippen LogP contribution in [0.4, 0.5) is 0 Å². The first-order chi connectivity index (χ1) is 12.5. The van der Waals surface area contributed by atoms with Crippen molar-refractivity contribution in [3.8, 4) is 0 Å². The third-order valence-corrected chi connectivity index (χ3v) is 3.26. The van der Waals surface area contributed by atoms with E-state index in [0.29, 0.717) is 0 Å². The first-order valence-electron chi connectivity index (χ1n) is 7.75. The number of rotatable bonds is 16. The Labute approximate surface area is 190 Å². The van der Waals surface area contributed by atoms with Crippen molar-refractivity contribution in [2.45, 2.75) is 0 Å². The van der Waals surface area contributed by atoms with E-state index in [1.54, 1.807) is 0 Å². The number of nitrogens with zero attached hydrogens (tertiary/aromatic N) is 3. The van der Waals surface area contributed by atoms with Gasteiger partial charge in [0.05, 0.1) is 32.7 Å². The largest absolute Gasteiger partial charge is 3.00 e. The van der Waals surface area contributed by atoms with Gasteiger partial charge in [0.25, 0.3) is 0 Å². The van der Waals surface area contributed by atoms with Gasteiger partial charge in [-0.15, -0.1) is 0 Å². The maximum atomic E-state index is 11.0. The molecule has 0 atom stereocenters. The Hall–Kier alpha value is -1.51. The molecule has 0 amide bonds. The quantitative estimate of drug-likeness (QED) is 0.123. The fraction of sp³-hybridized carbons (Fsp3) is 0.643. The molecule has 0 spiro atoms. The van der Waals surface area contributed by atoms with E-state index in [1.165, 1.54) is 4.90 Å². The number of carboxylic acids is 5. The summed E-state index contributed by atoms with van der Waals surface area (Å²) in [6.07, 6.45) is 0. The van der Waals surface area contributed by atoms with Gasteiger partial charge in [0, 0.05) is 26.2 Å². The second-order valence-electron chi connectivity index (χ2n) is 5.67. The van der Waals surface area contributed by atoms with Crippen LogP contribution in [-0.4, -0.2) is 129 Å². The summed E-state index contributed by atoms with van der Waals surface area (Å²) in [5, 5.41) is 44.1. The van der Waals surface area contributed by atoms with Crippen LogP contribution in [-0.2, 0) is 24.0 Å². The summed E-state index contributed by atoms with van der Waals surface area (Å²) < 4.78 is 0. The smallest absolute Gasteiger partial charge is 0.480 e.